The topological polar surface area (TPSA) is 67.9 Å². The zero-order chi connectivity index (χ0) is 12.0. The number of likely N-dealkylation sites (N-methyl/N-ethyl adjacent to an activating group) is 1. The number of carbonyl (C=O) groups excluding carboxylic acids is 1. The molecular formula is C11H15N3O2. The van der Waals surface area contributed by atoms with E-state index in [0.717, 1.165) is 0 Å². The first-order valence-corrected chi connectivity index (χ1v) is 4.82. The standard InChI is InChI=1S/C11H15N3O2/c1-14(8-12)11(15)10(13-16-2)9-6-4-3-5-7-9/h3-7H,8,12H2,1-2H3. The number of nitrogens with two attached hydrogens (primary N) is 1. The van der Waals surface area contributed by atoms with Crippen molar-refractivity contribution in [1.29, 1.82) is 0 Å². The maximum atomic E-state index is 11.9. The van der Waals surface area contributed by atoms with Crippen molar-refractivity contribution < 1.29 is 9.63 Å². The lowest BCUT2D eigenvalue weighted by Gasteiger charge is -2.15. The van der Waals surface area contributed by atoms with E-state index in [9.17, 15) is 4.79 Å². The van der Waals surface area contributed by atoms with Crippen molar-refractivity contribution >= 4 is 11.6 Å². The van der Waals surface area contributed by atoms with Crippen LogP contribution in [0, 0.1) is 0 Å². The summed E-state index contributed by atoms with van der Waals surface area (Å²) in [6, 6.07) is 9.11. The highest BCUT2D eigenvalue weighted by molar-refractivity contribution is 6.45. The predicted octanol–water partition coefficient (Wildman–Crippen LogP) is 0.412. The van der Waals surface area contributed by atoms with Crippen molar-refractivity contribution in [1.82, 2.24) is 4.90 Å². The lowest BCUT2D eigenvalue weighted by atomic mass is 10.1. The summed E-state index contributed by atoms with van der Waals surface area (Å²) in [6.45, 7) is 0.133. The van der Waals surface area contributed by atoms with Crippen molar-refractivity contribution in [2.45, 2.75) is 0 Å². The fraction of sp³-hybridized carbons (Fsp3) is 0.273. The normalized spacial score (nSPS) is 11.1. The number of benzene rings is 1. The van der Waals surface area contributed by atoms with Crippen LogP contribution in [0.15, 0.2) is 35.5 Å². The Morgan fingerprint density at radius 1 is 1.44 bits per heavy atom. The molecule has 0 aliphatic rings. The van der Waals surface area contributed by atoms with Crippen LogP contribution in [0.25, 0.3) is 0 Å². The molecule has 0 unspecified atom stereocenters. The molecule has 0 saturated heterocycles. The van der Waals surface area contributed by atoms with Crippen molar-refractivity contribution in [3.8, 4) is 0 Å². The molecule has 0 aliphatic heterocycles. The average molecular weight is 221 g/mol. The summed E-state index contributed by atoms with van der Waals surface area (Å²) in [4.78, 5) is 17.9. The van der Waals surface area contributed by atoms with E-state index in [1.807, 2.05) is 18.2 Å². The first-order valence-electron chi connectivity index (χ1n) is 4.82. The van der Waals surface area contributed by atoms with Gasteiger partial charge in [0.15, 0.2) is 5.71 Å². The van der Waals surface area contributed by atoms with Gasteiger partial charge in [0.2, 0.25) is 0 Å². The Morgan fingerprint density at radius 2 is 2.06 bits per heavy atom. The molecule has 1 aromatic rings. The minimum Gasteiger partial charge on any atom is -0.398 e. The summed E-state index contributed by atoms with van der Waals surface area (Å²) in [5.41, 5.74) is 6.34. The predicted molar refractivity (Wildman–Crippen MR) is 61.8 cm³/mol. The van der Waals surface area contributed by atoms with E-state index in [1.165, 1.54) is 12.0 Å². The van der Waals surface area contributed by atoms with Gasteiger partial charge >= 0.3 is 0 Å². The molecule has 1 rings (SSSR count). The molecule has 5 heteroatoms. The fourth-order valence-electron chi connectivity index (χ4n) is 1.17. The summed E-state index contributed by atoms with van der Waals surface area (Å²) in [7, 11) is 3.01. The maximum absolute atomic E-state index is 11.9. The van der Waals surface area contributed by atoms with Gasteiger partial charge in [-0.15, -0.1) is 0 Å². The molecule has 0 radical (unpaired) electrons. The van der Waals surface area contributed by atoms with Crippen LogP contribution in [0.5, 0.6) is 0 Å². The van der Waals surface area contributed by atoms with Crippen LogP contribution in [-0.4, -0.2) is 37.3 Å². The molecule has 0 heterocycles. The third kappa shape index (κ3) is 2.80. The number of hydrogen-bond donors (Lipinski definition) is 1. The molecule has 0 aliphatic carbocycles. The van der Waals surface area contributed by atoms with Gasteiger partial charge < -0.3 is 15.5 Å². The molecule has 16 heavy (non-hydrogen) atoms. The zero-order valence-electron chi connectivity index (χ0n) is 9.38. The fourth-order valence-corrected chi connectivity index (χ4v) is 1.17. The Kier molecular flexibility index (Phi) is 4.47. The van der Waals surface area contributed by atoms with E-state index in [-0.39, 0.29) is 18.3 Å². The second kappa shape index (κ2) is 5.87. The lowest BCUT2D eigenvalue weighted by Crippen LogP contribution is -2.37. The van der Waals surface area contributed by atoms with Crippen LogP contribution in [0.3, 0.4) is 0 Å². The number of carbonyl (C=O) groups is 1. The highest BCUT2D eigenvalue weighted by atomic mass is 16.6. The first kappa shape index (κ1) is 12.2. The summed E-state index contributed by atoms with van der Waals surface area (Å²) in [6.07, 6.45) is 0. The molecule has 0 atom stereocenters. The van der Waals surface area contributed by atoms with Gasteiger partial charge in [-0.1, -0.05) is 35.5 Å². The molecule has 0 spiro atoms. The van der Waals surface area contributed by atoms with Gasteiger partial charge in [-0.05, 0) is 0 Å². The number of oxime groups is 1. The van der Waals surface area contributed by atoms with E-state index in [0.29, 0.717) is 5.56 Å². The molecule has 0 saturated carbocycles. The van der Waals surface area contributed by atoms with E-state index in [1.54, 1.807) is 19.2 Å². The molecule has 0 fully saturated rings. The van der Waals surface area contributed by atoms with Crippen LogP contribution >= 0.6 is 0 Å². The second-order valence-electron chi connectivity index (χ2n) is 3.17. The molecule has 1 aromatic carbocycles. The average Bonchev–Trinajstić information content (AvgIpc) is 2.35. The largest absolute Gasteiger partial charge is 0.398 e. The SMILES string of the molecule is CON=C(C(=O)N(C)CN)c1ccccc1. The Morgan fingerprint density at radius 3 is 2.56 bits per heavy atom. The maximum Gasteiger partial charge on any atom is 0.277 e. The molecule has 2 N–H and O–H groups in total. The summed E-state index contributed by atoms with van der Waals surface area (Å²) in [5, 5.41) is 3.73. The highest BCUT2D eigenvalue weighted by Crippen LogP contribution is 2.04. The van der Waals surface area contributed by atoms with Crippen molar-refractivity contribution in [3.63, 3.8) is 0 Å². The van der Waals surface area contributed by atoms with Gasteiger partial charge in [0.1, 0.15) is 7.11 Å². The van der Waals surface area contributed by atoms with Crippen LogP contribution in [0.2, 0.25) is 0 Å². The van der Waals surface area contributed by atoms with Gasteiger partial charge in [-0.3, -0.25) is 4.79 Å². The van der Waals surface area contributed by atoms with Gasteiger partial charge in [0, 0.05) is 12.6 Å². The van der Waals surface area contributed by atoms with Crippen LogP contribution in [0.1, 0.15) is 5.56 Å². The minimum atomic E-state index is -0.268. The van der Waals surface area contributed by atoms with Crippen LogP contribution < -0.4 is 5.73 Å². The Hall–Kier alpha value is -1.88. The monoisotopic (exact) mass is 221 g/mol. The summed E-state index contributed by atoms with van der Waals surface area (Å²) >= 11 is 0. The quantitative estimate of drug-likeness (QED) is 0.455. The first-order chi connectivity index (χ1) is 7.70. The second-order valence-corrected chi connectivity index (χ2v) is 3.17. The van der Waals surface area contributed by atoms with Gasteiger partial charge in [0.25, 0.3) is 5.91 Å². The summed E-state index contributed by atoms with van der Waals surface area (Å²) in [5.74, 6) is -0.268. The molecule has 0 aromatic heterocycles. The summed E-state index contributed by atoms with van der Waals surface area (Å²) < 4.78 is 0. The number of amides is 1. The van der Waals surface area contributed by atoms with Crippen molar-refractivity contribution in [2.75, 3.05) is 20.8 Å². The third-order valence-electron chi connectivity index (χ3n) is 2.05. The van der Waals surface area contributed by atoms with E-state index in [2.05, 4.69) is 9.99 Å². The Bertz CT molecular complexity index is 376. The van der Waals surface area contributed by atoms with Gasteiger partial charge in [0.05, 0.1) is 6.67 Å². The van der Waals surface area contributed by atoms with Gasteiger partial charge in [-0.25, -0.2) is 0 Å². The lowest BCUT2D eigenvalue weighted by molar-refractivity contribution is -0.122. The van der Waals surface area contributed by atoms with Crippen LogP contribution in [-0.2, 0) is 9.63 Å². The molecule has 5 nitrogen and oxygen atoms in total. The highest BCUT2D eigenvalue weighted by Gasteiger charge is 2.18. The van der Waals surface area contributed by atoms with E-state index >= 15 is 0 Å². The molecule has 0 bridgehead atoms. The molecule has 1 amide bonds. The van der Waals surface area contributed by atoms with Gasteiger partial charge in [-0.2, -0.15) is 0 Å². The van der Waals surface area contributed by atoms with E-state index in [4.69, 9.17) is 5.73 Å². The van der Waals surface area contributed by atoms with Crippen molar-refractivity contribution in [2.24, 2.45) is 10.9 Å². The molecule has 86 valence electrons. The van der Waals surface area contributed by atoms with Crippen molar-refractivity contribution in [3.05, 3.63) is 35.9 Å². The Balaban J connectivity index is 3.02. The minimum absolute atomic E-state index is 0.133. The zero-order valence-corrected chi connectivity index (χ0v) is 9.38. The smallest absolute Gasteiger partial charge is 0.277 e. The van der Waals surface area contributed by atoms with Crippen LogP contribution in [0.4, 0.5) is 0 Å². The molecular weight excluding hydrogens is 206 g/mol. The Labute approximate surface area is 94.5 Å². The number of rotatable bonds is 4. The third-order valence-corrected chi connectivity index (χ3v) is 2.05. The van der Waals surface area contributed by atoms with E-state index < -0.39 is 0 Å². The number of nitrogens with zero attached hydrogens (tertiary/aromatic N) is 2. The number of hydrogen-bond acceptors (Lipinski definition) is 4.